The number of rotatable bonds is 6. The van der Waals surface area contributed by atoms with Crippen molar-refractivity contribution in [3.05, 3.63) is 33.9 Å². The molecule has 1 N–H and O–H groups in total. The maximum absolute atomic E-state index is 11.9. The van der Waals surface area contributed by atoms with Gasteiger partial charge in [0.05, 0.1) is 4.92 Å². The Bertz CT molecular complexity index is 447. The highest BCUT2D eigenvalue weighted by atomic mass is 19.4. The van der Waals surface area contributed by atoms with Gasteiger partial charge in [-0.1, -0.05) is 0 Å². The SMILES string of the molecule is Cc1cc(NCCCCC(F)(F)F)ccc1[N+](=O)[O-]. The summed E-state index contributed by atoms with van der Waals surface area (Å²) in [5.74, 6) is 0. The molecule has 0 saturated heterocycles. The molecule has 0 radical (unpaired) electrons. The van der Waals surface area contributed by atoms with Crippen LogP contribution in [0.15, 0.2) is 18.2 Å². The maximum Gasteiger partial charge on any atom is 0.389 e. The third-order valence-corrected chi connectivity index (χ3v) is 2.61. The molecule has 0 heterocycles. The molecule has 0 saturated carbocycles. The number of nitro benzene ring substituents is 1. The van der Waals surface area contributed by atoms with Crippen LogP contribution in [0.4, 0.5) is 24.5 Å². The van der Waals surface area contributed by atoms with Crippen LogP contribution in [0.1, 0.15) is 24.8 Å². The fourth-order valence-electron chi connectivity index (χ4n) is 1.65. The van der Waals surface area contributed by atoms with E-state index < -0.39 is 17.5 Å². The van der Waals surface area contributed by atoms with Gasteiger partial charge in [-0.3, -0.25) is 10.1 Å². The summed E-state index contributed by atoms with van der Waals surface area (Å²) in [6.45, 7) is 2.03. The van der Waals surface area contributed by atoms with Gasteiger partial charge in [-0.15, -0.1) is 0 Å². The molecular weight excluding hydrogens is 261 g/mol. The predicted molar refractivity (Wildman–Crippen MR) is 66.2 cm³/mol. The number of hydrogen-bond acceptors (Lipinski definition) is 3. The molecule has 0 unspecified atom stereocenters. The second-order valence-corrected chi connectivity index (χ2v) is 4.26. The lowest BCUT2D eigenvalue weighted by molar-refractivity contribution is -0.385. The number of nitrogens with zero attached hydrogens (tertiary/aromatic N) is 1. The molecular formula is C12H15F3N2O2. The number of aryl methyl sites for hydroxylation is 1. The second-order valence-electron chi connectivity index (χ2n) is 4.26. The molecule has 0 aromatic heterocycles. The van der Waals surface area contributed by atoms with Crippen LogP contribution in [0, 0.1) is 17.0 Å². The van der Waals surface area contributed by atoms with Crippen molar-refractivity contribution in [2.45, 2.75) is 32.4 Å². The van der Waals surface area contributed by atoms with E-state index in [1.54, 1.807) is 19.1 Å². The first kappa shape index (κ1) is 15.3. The fraction of sp³-hybridized carbons (Fsp3) is 0.500. The summed E-state index contributed by atoms with van der Waals surface area (Å²) in [6.07, 6.45) is -4.42. The molecule has 0 spiro atoms. The largest absolute Gasteiger partial charge is 0.389 e. The number of benzene rings is 1. The molecule has 19 heavy (non-hydrogen) atoms. The highest BCUT2D eigenvalue weighted by Crippen LogP contribution is 2.23. The number of hydrogen-bond donors (Lipinski definition) is 1. The van der Waals surface area contributed by atoms with Gasteiger partial charge in [0, 0.05) is 30.3 Å². The van der Waals surface area contributed by atoms with Gasteiger partial charge in [-0.05, 0) is 31.9 Å². The van der Waals surface area contributed by atoms with Crippen LogP contribution in [-0.4, -0.2) is 17.6 Å². The zero-order valence-corrected chi connectivity index (χ0v) is 10.5. The number of nitrogens with one attached hydrogen (secondary N) is 1. The Morgan fingerprint density at radius 2 is 2.00 bits per heavy atom. The molecule has 1 aromatic rings. The number of unbranched alkanes of at least 4 members (excludes halogenated alkanes) is 1. The third kappa shape index (κ3) is 5.58. The molecule has 0 bridgehead atoms. The highest BCUT2D eigenvalue weighted by Gasteiger charge is 2.25. The molecule has 7 heteroatoms. The topological polar surface area (TPSA) is 55.2 Å². The van der Waals surface area contributed by atoms with Crippen molar-refractivity contribution in [2.75, 3.05) is 11.9 Å². The normalized spacial score (nSPS) is 11.4. The standard InChI is InChI=1S/C12H15F3N2O2/c1-9-8-10(4-5-11(9)17(18)19)16-7-3-2-6-12(13,14)15/h4-5,8,16H,2-3,6-7H2,1H3. The number of halogens is 3. The zero-order valence-electron chi connectivity index (χ0n) is 10.5. The first-order valence-electron chi connectivity index (χ1n) is 5.85. The lowest BCUT2D eigenvalue weighted by atomic mass is 10.1. The van der Waals surface area contributed by atoms with E-state index in [4.69, 9.17) is 0 Å². The van der Waals surface area contributed by atoms with E-state index in [-0.39, 0.29) is 12.1 Å². The summed E-state index contributed by atoms with van der Waals surface area (Å²) in [5.41, 5.74) is 1.23. The zero-order chi connectivity index (χ0) is 14.5. The van der Waals surface area contributed by atoms with Gasteiger partial charge in [0.25, 0.3) is 5.69 Å². The molecule has 0 amide bonds. The van der Waals surface area contributed by atoms with E-state index in [0.717, 1.165) is 0 Å². The molecule has 0 aliphatic rings. The smallest absolute Gasteiger partial charge is 0.385 e. The molecule has 0 fully saturated rings. The van der Waals surface area contributed by atoms with Gasteiger partial charge >= 0.3 is 6.18 Å². The Morgan fingerprint density at radius 3 is 2.53 bits per heavy atom. The Balaban J connectivity index is 2.38. The highest BCUT2D eigenvalue weighted by molar-refractivity contribution is 5.53. The van der Waals surface area contributed by atoms with E-state index >= 15 is 0 Å². The summed E-state index contributed by atoms with van der Waals surface area (Å²) in [5, 5.41) is 13.6. The lowest BCUT2D eigenvalue weighted by Gasteiger charge is -2.08. The summed E-state index contributed by atoms with van der Waals surface area (Å²) >= 11 is 0. The van der Waals surface area contributed by atoms with Gasteiger partial charge in [-0.25, -0.2) is 0 Å². The summed E-state index contributed by atoms with van der Waals surface area (Å²) < 4.78 is 35.7. The molecule has 1 aromatic carbocycles. The summed E-state index contributed by atoms with van der Waals surface area (Å²) in [7, 11) is 0. The molecule has 4 nitrogen and oxygen atoms in total. The van der Waals surface area contributed by atoms with E-state index in [2.05, 4.69) is 5.32 Å². The van der Waals surface area contributed by atoms with Crippen molar-refractivity contribution in [3.8, 4) is 0 Å². The van der Waals surface area contributed by atoms with Gasteiger partial charge in [0.2, 0.25) is 0 Å². The van der Waals surface area contributed by atoms with Crippen molar-refractivity contribution in [2.24, 2.45) is 0 Å². The van der Waals surface area contributed by atoms with Crippen LogP contribution in [0.2, 0.25) is 0 Å². The Morgan fingerprint density at radius 1 is 1.32 bits per heavy atom. The van der Waals surface area contributed by atoms with Crippen molar-refractivity contribution in [3.63, 3.8) is 0 Å². The minimum absolute atomic E-state index is 0.0302. The maximum atomic E-state index is 11.9. The third-order valence-electron chi connectivity index (χ3n) is 2.61. The summed E-state index contributed by atoms with van der Waals surface area (Å²) in [6, 6.07) is 4.55. The molecule has 0 aliphatic heterocycles. The molecule has 1 rings (SSSR count). The van der Waals surface area contributed by atoms with E-state index in [0.29, 0.717) is 24.2 Å². The van der Waals surface area contributed by atoms with E-state index in [1.807, 2.05) is 0 Å². The number of nitro groups is 1. The minimum Gasteiger partial charge on any atom is -0.385 e. The molecule has 0 aliphatic carbocycles. The van der Waals surface area contributed by atoms with Crippen molar-refractivity contribution in [1.82, 2.24) is 0 Å². The van der Waals surface area contributed by atoms with Crippen LogP contribution >= 0.6 is 0 Å². The van der Waals surface area contributed by atoms with E-state index in [1.165, 1.54) is 6.07 Å². The Hall–Kier alpha value is -1.79. The number of alkyl halides is 3. The average Bonchev–Trinajstić information content (AvgIpc) is 2.26. The van der Waals surface area contributed by atoms with Crippen molar-refractivity contribution >= 4 is 11.4 Å². The second kappa shape index (κ2) is 6.40. The van der Waals surface area contributed by atoms with Crippen LogP contribution in [0.5, 0.6) is 0 Å². The fourth-order valence-corrected chi connectivity index (χ4v) is 1.65. The van der Waals surface area contributed by atoms with Gasteiger partial charge in [-0.2, -0.15) is 13.2 Å². The van der Waals surface area contributed by atoms with Crippen LogP contribution < -0.4 is 5.32 Å². The summed E-state index contributed by atoms with van der Waals surface area (Å²) in [4.78, 5) is 10.1. The first-order valence-corrected chi connectivity index (χ1v) is 5.85. The van der Waals surface area contributed by atoms with Crippen molar-refractivity contribution in [1.29, 1.82) is 0 Å². The van der Waals surface area contributed by atoms with Crippen molar-refractivity contribution < 1.29 is 18.1 Å². The van der Waals surface area contributed by atoms with Gasteiger partial charge in [0.1, 0.15) is 0 Å². The average molecular weight is 276 g/mol. The van der Waals surface area contributed by atoms with E-state index in [9.17, 15) is 23.3 Å². The molecule has 106 valence electrons. The van der Waals surface area contributed by atoms with Gasteiger partial charge in [0.15, 0.2) is 0 Å². The Labute approximate surface area is 108 Å². The van der Waals surface area contributed by atoms with Crippen LogP contribution in [0.25, 0.3) is 0 Å². The Kier molecular flexibility index (Phi) is 5.14. The van der Waals surface area contributed by atoms with Gasteiger partial charge < -0.3 is 5.32 Å². The lowest BCUT2D eigenvalue weighted by Crippen LogP contribution is -2.08. The predicted octanol–water partition coefficient (Wildman–Crippen LogP) is 4.05. The molecule has 0 atom stereocenters. The van der Waals surface area contributed by atoms with Crippen LogP contribution in [0.3, 0.4) is 0 Å². The number of anilines is 1. The van der Waals surface area contributed by atoms with Crippen LogP contribution in [-0.2, 0) is 0 Å². The first-order chi connectivity index (χ1) is 8.79. The minimum atomic E-state index is -4.11. The quantitative estimate of drug-likeness (QED) is 0.484. The monoisotopic (exact) mass is 276 g/mol.